The molecule has 0 aliphatic heterocycles. The van der Waals surface area contributed by atoms with Gasteiger partial charge in [0, 0.05) is 12.1 Å². The van der Waals surface area contributed by atoms with Gasteiger partial charge in [-0.15, -0.1) is 12.4 Å². The number of nitrogens with two attached hydrogens (primary N) is 1. The maximum Gasteiger partial charge on any atom is 0.165 e. The number of hydrogen-bond acceptors (Lipinski definition) is 2. The van der Waals surface area contributed by atoms with Crippen molar-refractivity contribution in [1.29, 1.82) is 0 Å². The van der Waals surface area contributed by atoms with Gasteiger partial charge in [0.15, 0.2) is 11.6 Å². The molecule has 0 unspecified atom stereocenters. The van der Waals surface area contributed by atoms with Gasteiger partial charge in [-0.05, 0) is 24.8 Å². The molecule has 2 N–H and O–H groups in total. The molecule has 0 bridgehead atoms. The number of benzene rings is 1. The first kappa shape index (κ1) is 12.3. The summed E-state index contributed by atoms with van der Waals surface area (Å²) in [6.07, 6.45) is 2.40. The van der Waals surface area contributed by atoms with E-state index in [1.807, 2.05) is 0 Å². The topological polar surface area (TPSA) is 35.2 Å². The van der Waals surface area contributed by atoms with Crippen molar-refractivity contribution in [1.82, 2.24) is 0 Å². The summed E-state index contributed by atoms with van der Waals surface area (Å²) in [5, 5.41) is 0. The fraction of sp³-hybridized carbons (Fsp3) is 0.455. The van der Waals surface area contributed by atoms with E-state index >= 15 is 0 Å². The highest BCUT2D eigenvalue weighted by Gasteiger charge is 2.23. The van der Waals surface area contributed by atoms with Gasteiger partial charge in [-0.25, -0.2) is 4.39 Å². The van der Waals surface area contributed by atoms with Gasteiger partial charge in [0.2, 0.25) is 0 Å². The molecule has 0 heterocycles. The van der Waals surface area contributed by atoms with E-state index in [1.54, 1.807) is 12.1 Å². The average Bonchev–Trinajstić information content (AvgIpc) is 2.99. The molecular weight excluding hydrogens is 217 g/mol. The zero-order valence-corrected chi connectivity index (χ0v) is 9.23. The molecule has 0 saturated heterocycles. The van der Waals surface area contributed by atoms with Crippen molar-refractivity contribution in [3.05, 3.63) is 29.6 Å². The summed E-state index contributed by atoms with van der Waals surface area (Å²) in [4.78, 5) is 0. The first-order valence-corrected chi connectivity index (χ1v) is 4.91. The van der Waals surface area contributed by atoms with Crippen LogP contribution in [-0.4, -0.2) is 6.61 Å². The Morgan fingerprint density at radius 1 is 1.40 bits per heavy atom. The van der Waals surface area contributed by atoms with Crippen LogP contribution in [0.5, 0.6) is 5.75 Å². The Kier molecular flexibility index (Phi) is 4.36. The van der Waals surface area contributed by atoms with Crippen molar-refractivity contribution in [3.63, 3.8) is 0 Å². The Balaban J connectivity index is 0.00000112. The third kappa shape index (κ3) is 3.08. The highest BCUT2D eigenvalue weighted by atomic mass is 35.5. The second-order valence-electron chi connectivity index (χ2n) is 3.69. The predicted molar refractivity (Wildman–Crippen MR) is 59.8 cm³/mol. The summed E-state index contributed by atoms with van der Waals surface area (Å²) < 4.78 is 18.8. The zero-order valence-electron chi connectivity index (χ0n) is 8.41. The van der Waals surface area contributed by atoms with Gasteiger partial charge >= 0.3 is 0 Å². The van der Waals surface area contributed by atoms with Crippen LogP contribution in [0.3, 0.4) is 0 Å². The fourth-order valence-corrected chi connectivity index (χ4v) is 1.36. The van der Waals surface area contributed by atoms with E-state index in [4.69, 9.17) is 10.5 Å². The van der Waals surface area contributed by atoms with E-state index in [2.05, 4.69) is 0 Å². The lowest BCUT2D eigenvalue weighted by Crippen LogP contribution is -2.06. The summed E-state index contributed by atoms with van der Waals surface area (Å²) in [7, 11) is 0. The monoisotopic (exact) mass is 231 g/mol. The Morgan fingerprint density at radius 2 is 2.13 bits per heavy atom. The molecule has 0 amide bonds. The number of rotatable bonds is 4. The highest BCUT2D eigenvalue weighted by molar-refractivity contribution is 5.85. The van der Waals surface area contributed by atoms with E-state index < -0.39 is 0 Å². The van der Waals surface area contributed by atoms with Gasteiger partial charge in [0.25, 0.3) is 0 Å². The van der Waals surface area contributed by atoms with Crippen LogP contribution in [-0.2, 0) is 6.54 Å². The lowest BCUT2D eigenvalue weighted by Gasteiger charge is -2.10. The quantitative estimate of drug-likeness (QED) is 0.864. The van der Waals surface area contributed by atoms with Crippen LogP contribution in [0.2, 0.25) is 0 Å². The Bertz CT molecular complexity index is 328. The van der Waals surface area contributed by atoms with Gasteiger partial charge in [-0.2, -0.15) is 0 Å². The second-order valence-corrected chi connectivity index (χ2v) is 3.69. The summed E-state index contributed by atoms with van der Waals surface area (Å²) in [6, 6.07) is 4.86. The van der Waals surface area contributed by atoms with Crippen molar-refractivity contribution in [2.75, 3.05) is 6.61 Å². The maximum atomic E-state index is 13.3. The molecule has 1 saturated carbocycles. The van der Waals surface area contributed by atoms with E-state index in [-0.39, 0.29) is 18.2 Å². The lowest BCUT2D eigenvalue weighted by molar-refractivity contribution is 0.282. The Hall–Kier alpha value is -0.800. The molecule has 0 spiro atoms. The van der Waals surface area contributed by atoms with Gasteiger partial charge in [0.05, 0.1) is 6.61 Å². The summed E-state index contributed by atoms with van der Waals surface area (Å²) in [5.41, 5.74) is 6.24. The molecule has 4 heteroatoms. The molecule has 0 aromatic heterocycles. The number of para-hydroxylation sites is 1. The van der Waals surface area contributed by atoms with Crippen LogP contribution in [0.4, 0.5) is 4.39 Å². The molecule has 2 nitrogen and oxygen atoms in total. The molecule has 1 aliphatic carbocycles. The molecule has 2 rings (SSSR count). The van der Waals surface area contributed by atoms with Crippen molar-refractivity contribution in [3.8, 4) is 5.75 Å². The van der Waals surface area contributed by atoms with Crippen LogP contribution in [0.1, 0.15) is 18.4 Å². The van der Waals surface area contributed by atoms with Crippen molar-refractivity contribution >= 4 is 12.4 Å². The summed E-state index contributed by atoms with van der Waals surface area (Å²) >= 11 is 0. The number of hydrogen-bond donors (Lipinski definition) is 1. The Morgan fingerprint density at radius 3 is 2.73 bits per heavy atom. The molecule has 84 valence electrons. The molecule has 1 fully saturated rings. The van der Waals surface area contributed by atoms with Crippen LogP contribution >= 0.6 is 12.4 Å². The first-order valence-electron chi connectivity index (χ1n) is 4.91. The summed E-state index contributed by atoms with van der Waals surface area (Å²) in [5.74, 6) is 0.649. The minimum atomic E-state index is -0.311. The molecule has 15 heavy (non-hydrogen) atoms. The van der Waals surface area contributed by atoms with E-state index in [0.29, 0.717) is 24.8 Å². The van der Waals surface area contributed by atoms with Crippen LogP contribution < -0.4 is 10.5 Å². The third-order valence-corrected chi connectivity index (χ3v) is 2.43. The molecular formula is C11H15ClFNO. The fourth-order valence-electron chi connectivity index (χ4n) is 1.36. The van der Waals surface area contributed by atoms with E-state index in [9.17, 15) is 4.39 Å². The molecule has 1 aromatic carbocycles. The lowest BCUT2D eigenvalue weighted by atomic mass is 10.2. The Labute approximate surface area is 95.0 Å². The van der Waals surface area contributed by atoms with Gasteiger partial charge < -0.3 is 10.5 Å². The number of ether oxygens (including phenoxy) is 1. The van der Waals surface area contributed by atoms with Crippen molar-refractivity contribution in [2.24, 2.45) is 11.7 Å². The van der Waals surface area contributed by atoms with Gasteiger partial charge in [0.1, 0.15) is 0 Å². The largest absolute Gasteiger partial charge is 0.490 e. The minimum absolute atomic E-state index is 0. The smallest absolute Gasteiger partial charge is 0.165 e. The van der Waals surface area contributed by atoms with Gasteiger partial charge in [-0.1, -0.05) is 12.1 Å². The molecule has 1 aromatic rings. The molecule has 0 radical (unpaired) electrons. The van der Waals surface area contributed by atoms with Crippen molar-refractivity contribution in [2.45, 2.75) is 19.4 Å². The molecule has 1 aliphatic rings. The first-order chi connectivity index (χ1) is 6.81. The summed E-state index contributed by atoms with van der Waals surface area (Å²) in [6.45, 7) is 0.936. The molecule has 0 atom stereocenters. The van der Waals surface area contributed by atoms with Crippen LogP contribution in [0, 0.1) is 11.7 Å². The van der Waals surface area contributed by atoms with Crippen LogP contribution in [0.15, 0.2) is 18.2 Å². The van der Waals surface area contributed by atoms with Crippen LogP contribution in [0.25, 0.3) is 0 Å². The zero-order chi connectivity index (χ0) is 9.97. The highest BCUT2D eigenvalue weighted by Crippen LogP contribution is 2.31. The predicted octanol–water partition coefficient (Wildman–Crippen LogP) is 2.50. The normalized spacial score (nSPS) is 14.5. The van der Waals surface area contributed by atoms with Crippen molar-refractivity contribution < 1.29 is 9.13 Å². The van der Waals surface area contributed by atoms with E-state index in [0.717, 1.165) is 5.56 Å². The minimum Gasteiger partial charge on any atom is -0.490 e. The second kappa shape index (κ2) is 5.33. The third-order valence-electron chi connectivity index (χ3n) is 2.43. The maximum absolute atomic E-state index is 13.3. The number of halogens is 2. The van der Waals surface area contributed by atoms with Gasteiger partial charge in [-0.3, -0.25) is 0 Å². The van der Waals surface area contributed by atoms with E-state index in [1.165, 1.54) is 18.9 Å². The standard InChI is InChI=1S/C11H14FNO.ClH/c12-10-3-1-2-9(6-13)11(10)14-7-8-4-5-8;/h1-3,8H,4-7,13H2;1H. The average molecular weight is 232 g/mol. The SMILES string of the molecule is Cl.NCc1cccc(F)c1OCC1CC1.